The summed E-state index contributed by atoms with van der Waals surface area (Å²) in [7, 11) is 1.87. The maximum Gasteiger partial charge on any atom is 0.251 e. The molecule has 7 heteroatoms. The number of halogens is 2. The third kappa shape index (κ3) is 4.05. The topological polar surface area (TPSA) is 59.0 Å². The van der Waals surface area contributed by atoms with Gasteiger partial charge in [0.1, 0.15) is 0 Å². The lowest BCUT2D eigenvalue weighted by atomic mass is 9.85. The molecule has 2 atom stereocenters. The fraction of sp³-hybridized carbons (Fsp3) is 0.273. The van der Waals surface area contributed by atoms with Crippen LogP contribution in [-0.4, -0.2) is 34.8 Å². The fourth-order valence-corrected chi connectivity index (χ4v) is 3.85. The maximum absolute atomic E-state index is 13.7. The summed E-state index contributed by atoms with van der Waals surface area (Å²) in [5.41, 5.74) is 3.18. The van der Waals surface area contributed by atoms with Gasteiger partial charge >= 0.3 is 0 Å². The minimum atomic E-state index is -0.864. The second kappa shape index (κ2) is 8.13. The number of amides is 1. The highest BCUT2D eigenvalue weighted by Gasteiger charge is 2.28. The second-order valence-corrected chi connectivity index (χ2v) is 7.27. The number of aromatic nitrogens is 2. The van der Waals surface area contributed by atoms with Crippen LogP contribution >= 0.6 is 0 Å². The predicted molar refractivity (Wildman–Crippen MR) is 106 cm³/mol. The summed E-state index contributed by atoms with van der Waals surface area (Å²) >= 11 is 0. The Labute approximate surface area is 167 Å². The van der Waals surface area contributed by atoms with E-state index in [1.54, 1.807) is 29.1 Å². The number of piperidine rings is 1. The van der Waals surface area contributed by atoms with E-state index in [4.69, 9.17) is 0 Å². The van der Waals surface area contributed by atoms with Gasteiger partial charge in [-0.05, 0) is 54.4 Å². The molecule has 1 aliphatic rings. The Kier molecular flexibility index (Phi) is 5.40. The molecule has 1 aromatic heterocycles. The van der Waals surface area contributed by atoms with Crippen LogP contribution in [0.1, 0.15) is 28.3 Å². The molecule has 0 spiro atoms. The summed E-state index contributed by atoms with van der Waals surface area (Å²) in [6.07, 6.45) is 2.46. The van der Waals surface area contributed by atoms with Crippen LogP contribution < -0.4 is 10.6 Å². The predicted octanol–water partition coefficient (Wildman–Crippen LogP) is 3.24. The van der Waals surface area contributed by atoms with E-state index in [1.807, 2.05) is 25.2 Å². The molecule has 3 aromatic rings. The Balaban J connectivity index is 1.50. The Bertz CT molecular complexity index is 1020. The number of nitrogens with zero attached hydrogens (tertiary/aromatic N) is 2. The highest BCUT2D eigenvalue weighted by Crippen LogP contribution is 2.27. The SMILES string of the molecule is Cn1nccc1-c1ccc(C(=O)N[C@@H]2CNCC[C@H]2c2ccc(F)c(F)c2)cc1. The summed E-state index contributed by atoms with van der Waals surface area (Å²) < 4.78 is 28.8. The van der Waals surface area contributed by atoms with E-state index < -0.39 is 11.6 Å². The van der Waals surface area contributed by atoms with E-state index in [0.29, 0.717) is 17.7 Å². The molecule has 1 saturated heterocycles. The van der Waals surface area contributed by atoms with Crippen molar-refractivity contribution in [2.24, 2.45) is 7.05 Å². The van der Waals surface area contributed by atoms with Crippen LogP contribution in [0.15, 0.2) is 54.7 Å². The average Bonchev–Trinajstić information content (AvgIpc) is 3.16. The molecular formula is C22H22F2N4O. The summed E-state index contributed by atoms with van der Waals surface area (Å²) in [6.45, 7) is 1.33. The monoisotopic (exact) mass is 396 g/mol. The van der Waals surface area contributed by atoms with Crippen LogP contribution in [0.25, 0.3) is 11.3 Å². The van der Waals surface area contributed by atoms with Gasteiger partial charge in [-0.2, -0.15) is 5.10 Å². The van der Waals surface area contributed by atoms with E-state index in [-0.39, 0.29) is 17.9 Å². The molecule has 0 aliphatic carbocycles. The zero-order valence-corrected chi connectivity index (χ0v) is 16.0. The summed E-state index contributed by atoms with van der Waals surface area (Å²) in [4.78, 5) is 12.8. The number of carbonyl (C=O) groups is 1. The molecule has 0 radical (unpaired) electrons. The van der Waals surface area contributed by atoms with Gasteiger partial charge in [0, 0.05) is 37.3 Å². The molecule has 0 saturated carbocycles. The normalized spacial score (nSPS) is 19.1. The summed E-state index contributed by atoms with van der Waals surface area (Å²) in [5.74, 6) is -2.00. The first kappa shape index (κ1) is 19.3. The minimum absolute atomic E-state index is 0.0796. The molecule has 29 heavy (non-hydrogen) atoms. The number of aryl methyl sites for hydroxylation is 1. The highest BCUT2D eigenvalue weighted by molar-refractivity contribution is 5.95. The van der Waals surface area contributed by atoms with Crippen molar-refractivity contribution in [3.63, 3.8) is 0 Å². The zero-order chi connectivity index (χ0) is 20.4. The van der Waals surface area contributed by atoms with Crippen molar-refractivity contribution in [1.29, 1.82) is 0 Å². The molecule has 0 bridgehead atoms. The third-order valence-electron chi connectivity index (χ3n) is 5.43. The highest BCUT2D eigenvalue weighted by atomic mass is 19.2. The van der Waals surface area contributed by atoms with E-state index in [1.165, 1.54) is 6.07 Å². The van der Waals surface area contributed by atoms with Crippen LogP contribution in [0.2, 0.25) is 0 Å². The lowest BCUT2D eigenvalue weighted by Gasteiger charge is -2.33. The second-order valence-electron chi connectivity index (χ2n) is 7.27. The van der Waals surface area contributed by atoms with E-state index in [0.717, 1.165) is 30.3 Å². The fourth-order valence-electron chi connectivity index (χ4n) is 3.85. The molecule has 2 heterocycles. The van der Waals surface area contributed by atoms with Crippen LogP contribution in [0.3, 0.4) is 0 Å². The van der Waals surface area contributed by atoms with Gasteiger partial charge in [0.2, 0.25) is 0 Å². The molecule has 150 valence electrons. The first-order chi connectivity index (χ1) is 14.0. The van der Waals surface area contributed by atoms with Crippen molar-refractivity contribution in [3.8, 4) is 11.3 Å². The van der Waals surface area contributed by atoms with Gasteiger partial charge in [-0.3, -0.25) is 9.48 Å². The molecule has 0 unspecified atom stereocenters. The maximum atomic E-state index is 13.7. The molecule has 5 nitrogen and oxygen atoms in total. The quantitative estimate of drug-likeness (QED) is 0.712. The van der Waals surface area contributed by atoms with Crippen molar-refractivity contribution >= 4 is 5.91 Å². The van der Waals surface area contributed by atoms with Gasteiger partial charge in [-0.15, -0.1) is 0 Å². The van der Waals surface area contributed by atoms with Crippen LogP contribution in [-0.2, 0) is 7.05 Å². The lowest BCUT2D eigenvalue weighted by Crippen LogP contribution is -2.50. The molecule has 1 aliphatic heterocycles. The van der Waals surface area contributed by atoms with Gasteiger partial charge < -0.3 is 10.6 Å². The molecule has 4 rings (SSSR count). The van der Waals surface area contributed by atoms with Gasteiger partial charge in [0.15, 0.2) is 11.6 Å². The van der Waals surface area contributed by atoms with Crippen molar-refractivity contribution in [2.75, 3.05) is 13.1 Å². The number of benzene rings is 2. The van der Waals surface area contributed by atoms with Gasteiger partial charge in [0.25, 0.3) is 5.91 Å². The number of rotatable bonds is 4. The Hall–Kier alpha value is -3.06. The lowest BCUT2D eigenvalue weighted by molar-refractivity contribution is 0.0924. The Morgan fingerprint density at radius 1 is 1.14 bits per heavy atom. The number of nitrogens with one attached hydrogen (secondary N) is 2. The van der Waals surface area contributed by atoms with Crippen molar-refractivity contribution < 1.29 is 13.6 Å². The largest absolute Gasteiger partial charge is 0.347 e. The molecular weight excluding hydrogens is 374 g/mol. The average molecular weight is 396 g/mol. The number of hydrogen-bond donors (Lipinski definition) is 2. The first-order valence-electron chi connectivity index (χ1n) is 9.58. The number of carbonyl (C=O) groups excluding carboxylic acids is 1. The van der Waals surface area contributed by atoms with Crippen LogP contribution in [0, 0.1) is 11.6 Å². The van der Waals surface area contributed by atoms with E-state index in [9.17, 15) is 13.6 Å². The summed E-state index contributed by atoms with van der Waals surface area (Å²) in [5, 5.41) is 10.5. The Morgan fingerprint density at radius 2 is 1.93 bits per heavy atom. The molecule has 2 N–H and O–H groups in total. The standard InChI is InChI=1S/C22H22F2N4O/c1-28-21(9-11-26-28)14-2-4-15(5-3-14)22(29)27-20-13-25-10-8-17(20)16-6-7-18(23)19(24)12-16/h2-7,9,11-12,17,20,25H,8,10,13H2,1H3,(H,27,29)/t17-,20+/m0/s1. The Morgan fingerprint density at radius 3 is 2.62 bits per heavy atom. The summed E-state index contributed by atoms with van der Waals surface area (Å²) in [6, 6.07) is 13.0. The number of hydrogen-bond acceptors (Lipinski definition) is 3. The van der Waals surface area contributed by atoms with Gasteiger partial charge in [-0.1, -0.05) is 18.2 Å². The van der Waals surface area contributed by atoms with Crippen molar-refractivity contribution in [1.82, 2.24) is 20.4 Å². The van der Waals surface area contributed by atoms with Gasteiger partial charge in [0.05, 0.1) is 5.69 Å². The minimum Gasteiger partial charge on any atom is -0.347 e. The third-order valence-corrected chi connectivity index (χ3v) is 5.43. The van der Waals surface area contributed by atoms with E-state index >= 15 is 0 Å². The van der Waals surface area contributed by atoms with Crippen molar-refractivity contribution in [3.05, 3.63) is 77.5 Å². The van der Waals surface area contributed by atoms with E-state index in [2.05, 4.69) is 15.7 Å². The molecule has 1 amide bonds. The van der Waals surface area contributed by atoms with Crippen molar-refractivity contribution in [2.45, 2.75) is 18.4 Å². The van der Waals surface area contributed by atoms with Crippen LogP contribution in [0.5, 0.6) is 0 Å². The molecule has 1 fully saturated rings. The smallest absolute Gasteiger partial charge is 0.251 e. The first-order valence-corrected chi connectivity index (χ1v) is 9.58. The molecule has 2 aromatic carbocycles. The van der Waals surface area contributed by atoms with Crippen LogP contribution in [0.4, 0.5) is 8.78 Å². The van der Waals surface area contributed by atoms with Gasteiger partial charge in [-0.25, -0.2) is 8.78 Å². The zero-order valence-electron chi connectivity index (χ0n) is 16.0.